The molecule has 1 rings (SSSR count). The molecule has 0 unspecified atom stereocenters. The number of ketones is 3. The Kier molecular flexibility index (Phi) is 2.38. The van der Waals surface area contributed by atoms with Crippen molar-refractivity contribution in [2.24, 2.45) is 11.7 Å². The van der Waals surface area contributed by atoms with Gasteiger partial charge in [0.2, 0.25) is 0 Å². The van der Waals surface area contributed by atoms with E-state index >= 15 is 0 Å². The lowest BCUT2D eigenvalue weighted by atomic mass is 9.82. The van der Waals surface area contributed by atoms with E-state index in [9.17, 15) is 14.4 Å². The van der Waals surface area contributed by atoms with Crippen LogP contribution in [0.1, 0.15) is 19.8 Å². The first-order valence-corrected chi connectivity index (χ1v) is 3.84. The summed E-state index contributed by atoms with van der Waals surface area (Å²) in [5, 5.41) is 0. The minimum absolute atomic E-state index is 0.108. The van der Waals surface area contributed by atoms with Gasteiger partial charge in [0.25, 0.3) is 0 Å². The van der Waals surface area contributed by atoms with E-state index in [1.165, 1.54) is 6.92 Å². The summed E-state index contributed by atoms with van der Waals surface area (Å²) in [7, 11) is 0. The quantitative estimate of drug-likeness (QED) is 0.534. The summed E-state index contributed by atoms with van der Waals surface area (Å²) in [6.45, 7) is 1.39. The molecule has 0 amide bonds. The molecular formula is C8H11NO3. The molecule has 1 aliphatic carbocycles. The molecule has 0 aromatic carbocycles. The summed E-state index contributed by atoms with van der Waals surface area (Å²) < 4.78 is 0. The van der Waals surface area contributed by atoms with E-state index in [0.29, 0.717) is 0 Å². The van der Waals surface area contributed by atoms with E-state index in [0.717, 1.165) is 0 Å². The number of hydrogen-bond donors (Lipinski definition) is 1. The van der Waals surface area contributed by atoms with Crippen LogP contribution in [0, 0.1) is 5.92 Å². The van der Waals surface area contributed by atoms with E-state index < -0.39 is 12.0 Å². The monoisotopic (exact) mass is 169 g/mol. The van der Waals surface area contributed by atoms with E-state index in [1.807, 2.05) is 0 Å². The van der Waals surface area contributed by atoms with Crippen LogP contribution in [0.5, 0.6) is 0 Å². The fourth-order valence-corrected chi connectivity index (χ4v) is 1.28. The Bertz CT molecular complexity index is 229. The molecule has 0 bridgehead atoms. The Hall–Kier alpha value is -1.03. The van der Waals surface area contributed by atoms with E-state index in [1.54, 1.807) is 0 Å². The molecule has 4 heteroatoms. The molecule has 0 aromatic heterocycles. The molecule has 1 aliphatic rings. The maximum Gasteiger partial charge on any atom is 0.157 e. The predicted octanol–water partition coefficient (Wildman–Crippen LogP) is -0.549. The lowest BCUT2D eigenvalue weighted by Gasteiger charge is -2.21. The highest BCUT2D eigenvalue weighted by Gasteiger charge is 2.34. The third-order valence-electron chi connectivity index (χ3n) is 2.16. The fraction of sp³-hybridized carbons (Fsp3) is 0.625. The van der Waals surface area contributed by atoms with Gasteiger partial charge in [-0.3, -0.25) is 14.4 Å². The van der Waals surface area contributed by atoms with Gasteiger partial charge >= 0.3 is 0 Å². The molecule has 0 aromatic rings. The van der Waals surface area contributed by atoms with Crippen LogP contribution in [0.2, 0.25) is 0 Å². The lowest BCUT2D eigenvalue weighted by molar-refractivity contribution is -0.137. The molecule has 0 spiro atoms. The second-order valence-electron chi connectivity index (χ2n) is 3.13. The van der Waals surface area contributed by atoms with Crippen molar-refractivity contribution in [3.8, 4) is 0 Å². The highest BCUT2D eigenvalue weighted by molar-refractivity contribution is 6.10. The lowest BCUT2D eigenvalue weighted by Crippen LogP contribution is -2.45. The number of nitrogens with two attached hydrogens (primary N) is 1. The average Bonchev–Trinajstić information content (AvgIpc) is 1.99. The van der Waals surface area contributed by atoms with Crippen LogP contribution in [0.15, 0.2) is 0 Å². The summed E-state index contributed by atoms with van der Waals surface area (Å²) in [4.78, 5) is 32.9. The van der Waals surface area contributed by atoms with E-state index in [-0.39, 0.29) is 30.2 Å². The Morgan fingerprint density at radius 1 is 1.33 bits per heavy atom. The summed E-state index contributed by atoms with van der Waals surface area (Å²) in [6.07, 6.45) is 0.254. The third-order valence-corrected chi connectivity index (χ3v) is 2.16. The Morgan fingerprint density at radius 2 is 1.75 bits per heavy atom. The van der Waals surface area contributed by atoms with Crippen molar-refractivity contribution in [2.45, 2.75) is 25.8 Å². The minimum Gasteiger partial charge on any atom is -0.315 e. The Morgan fingerprint density at radius 3 is 2.08 bits per heavy atom. The second-order valence-corrected chi connectivity index (χ2v) is 3.13. The first-order chi connectivity index (χ1) is 5.52. The maximum absolute atomic E-state index is 11.0. The van der Waals surface area contributed by atoms with Gasteiger partial charge in [-0.15, -0.1) is 0 Å². The number of rotatable bonds is 1. The number of carbonyl (C=O) groups excluding carboxylic acids is 3. The van der Waals surface area contributed by atoms with E-state index in [2.05, 4.69) is 0 Å². The van der Waals surface area contributed by atoms with Crippen molar-refractivity contribution in [3.05, 3.63) is 0 Å². The van der Waals surface area contributed by atoms with Gasteiger partial charge in [0, 0.05) is 18.8 Å². The standard InChI is InChI=1S/C8H11NO3/c1-4(10)5-2-6(11)8(9)7(12)3-5/h5,8H,2-3,9H2,1H3. The van der Waals surface area contributed by atoms with Gasteiger partial charge in [-0.2, -0.15) is 0 Å². The molecule has 0 heterocycles. The van der Waals surface area contributed by atoms with Crippen LogP contribution in [0.25, 0.3) is 0 Å². The van der Waals surface area contributed by atoms with Crippen molar-refractivity contribution in [3.63, 3.8) is 0 Å². The summed E-state index contributed by atoms with van der Waals surface area (Å²) in [6, 6.07) is -0.986. The zero-order valence-corrected chi connectivity index (χ0v) is 6.87. The van der Waals surface area contributed by atoms with Gasteiger partial charge in [0.15, 0.2) is 11.6 Å². The van der Waals surface area contributed by atoms with Gasteiger partial charge in [0.05, 0.1) is 0 Å². The van der Waals surface area contributed by atoms with Crippen LogP contribution in [-0.4, -0.2) is 23.4 Å². The zero-order chi connectivity index (χ0) is 9.30. The predicted molar refractivity (Wildman–Crippen MR) is 41.4 cm³/mol. The van der Waals surface area contributed by atoms with Gasteiger partial charge in [-0.25, -0.2) is 0 Å². The summed E-state index contributed by atoms with van der Waals surface area (Å²) in [5.41, 5.74) is 5.27. The topological polar surface area (TPSA) is 77.2 Å². The molecule has 0 atom stereocenters. The normalized spacial score (nSPS) is 30.5. The molecule has 1 fully saturated rings. The van der Waals surface area contributed by atoms with Crippen LogP contribution in [0.3, 0.4) is 0 Å². The van der Waals surface area contributed by atoms with Gasteiger partial charge in [-0.05, 0) is 6.92 Å². The van der Waals surface area contributed by atoms with Gasteiger partial charge in [0.1, 0.15) is 11.8 Å². The van der Waals surface area contributed by atoms with E-state index in [4.69, 9.17) is 5.73 Å². The van der Waals surface area contributed by atoms with Crippen molar-refractivity contribution < 1.29 is 14.4 Å². The van der Waals surface area contributed by atoms with Crippen LogP contribution < -0.4 is 5.73 Å². The smallest absolute Gasteiger partial charge is 0.157 e. The molecular weight excluding hydrogens is 158 g/mol. The number of carbonyl (C=O) groups is 3. The number of Topliss-reactive ketones (excluding diaryl/α,β-unsaturated/α-hetero) is 3. The molecule has 0 saturated heterocycles. The van der Waals surface area contributed by atoms with Gasteiger partial charge < -0.3 is 5.73 Å². The first kappa shape index (κ1) is 9.06. The molecule has 0 radical (unpaired) electrons. The van der Waals surface area contributed by atoms with Crippen LogP contribution in [-0.2, 0) is 14.4 Å². The molecule has 66 valence electrons. The fourth-order valence-electron chi connectivity index (χ4n) is 1.28. The molecule has 1 saturated carbocycles. The maximum atomic E-state index is 11.0. The largest absolute Gasteiger partial charge is 0.315 e. The summed E-state index contributed by atoms with van der Waals surface area (Å²) >= 11 is 0. The van der Waals surface area contributed by atoms with Crippen molar-refractivity contribution in [2.75, 3.05) is 0 Å². The molecule has 2 N–H and O–H groups in total. The molecule has 0 aliphatic heterocycles. The number of hydrogen-bond acceptors (Lipinski definition) is 4. The van der Waals surface area contributed by atoms with Crippen LogP contribution >= 0.6 is 0 Å². The zero-order valence-electron chi connectivity index (χ0n) is 6.87. The first-order valence-electron chi connectivity index (χ1n) is 3.84. The van der Waals surface area contributed by atoms with Crippen molar-refractivity contribution in [1.82, 2.24) is 0 Å². The Balaban J connectivity index is 2.72. The Labute approximate surface area is 70.1 Å². The molecule has 4 nitrogen and oxygen atoms in total. The van der Waals surface area contributed by atoms with Crippen LogP contribution in [0.4, 0.5) is 0 Å². The highest BCUT2D eigenvalue weighted by atomic mass is 16.2. The molecule has 12 heavy (non-hydrogen) atoms. The third kappa shape index (κ3) is 1.58. The summed E-state index contributed by atoms with van der Waals surface area (Å²) in [5.74, 6) is -1.16. The average molecular weight is 169 g/mol. The van der Waals surface area contributed by atoms with Gasteiger partial charge in [-0.1, -0.05) is 0 Å². The minimum atomic E-state index is -0.986. The van der Waals surface area contributed by atoms with Crippen molar-refractivity contribution >= 4 is 17.3 Å². The SMILES string of the molecule is CC(=O)C1CC(=O)C(N)C(=O)C1. The second kappa shape index (κ2) is 3.15. The highest BCUT2D eigenvalue weighted by Crippen LogP contribution is 2.18. The van der Waals surface area contributed by atoms with Crippen molar-refractivity contribution in [1.29, 1.82) is 0 Å².